The van der Waals surface area contributed by atoms with Crippen LogP contribution in [-0.2, 0) is 4.79 Å². The summed E-state index contributed by atoms with van der Waals surface area (Å²) in [5.41, 5.74) is 2.72. The standard InChI is InChI=1S/C24H30N4O2/c1-4-21(29)20-9-15(3)18(14-26-20)19-10-16-13-27-22(11-17(16)12-25-19)28-23(30)24(5-2)7-6-8-24/h9-14,20-21,26,29H,4-8H2,1-3H3,(H,27,28,30). The molecular formula is C24H30N4O2. The quantitative estimate of drug-likeness (QED) is 0.670. The molecule has 0 saturated heterocycles. The minimum atomic E-state index is -0.410. The predicted molar refractivity (Wildman–Crippen MR) is 120 cm³/mol. The molecule has 158 valence electrons. The summed E-state index contributed by atoms with van der Waals surface area (Å²) in [6.07, 6.45) is 11.8. The molecule has 2 atom stereocenters. The lowest BCUT2D eigenvalue weighted by molar-refractivity contribution is -0.130. The lowest BCUT2D eigenvalue weighted by Crippen LogP contribution is -2.41. The number of anilines is 1. The SMILES string of the molecule is CCC(O)C1C=C(C)C(c2cc3cnc(NC(=O)C4(CC)CCC4)cc3cn2)=CN1. The molecule has 2 aliphatic rings. The van der Waals surface area contributed by atoms with E-state index in [0.717, 1.165) is 53.3 Å². The Balaban J connectivity index is 1.53. The Bertz CT molecular complexity index is 1020. The second-order valence-electron chi connectivity index (χ2n) is 8.50. The molecule has 1 amide bonds. The number of nitrogens with zero attached hydrogens (tertiary/aromatic N) is 2. The molecule has 0 spiro atoms. The van der Waals surface area contributed by atoms with E-state index in [1.165, 1.54) is 0 Å². The van der Waals surface area contributed by atoms with E-state index in [-0.39, 0.29) is 17.4 Å². The molecule has 0 bridgehead atoms. The Morgan fingerprint density at radius 3 is 2.63 bits per heavy atom. The number of hydrogen-bond acceptors (Lipinski definition) is 5. The van der Waals surface area contributed by atoms with Crippen LogP contribution in [0.4, 0.5) is 5.82 Å². The number of carbonyl (C=O) groups is 1. The summed E-state index contributed by atoms with van der Waals surface area (Å²) in [4.78, 5) is 21.8. The maximum atomic E-state index is 12.7. The summed E-state index contributed by atoms with van der Waals surface area (Å²) < 4.78 is 0. The smallest absolute Gasteiger partial charge is 0.231 e. The Kier molecular flexibility index (Phi) is 5.60. The van der Waals surface area contributed by atoms with Gasteiger partial charge in [0.05, 0.1) is 17.8 Å². The zero-order valence-corrected chi connectivity index (χ0v) is 17.9. The Hall–Kier alpha value is -2.73. The van der Waals surface area contributed by atoms with Crippen molar-refractivity contribution in [2.45, 2.75) is 65.0 Å². The van der Waals surface area contributed by atoms with Gasteiger partial charge >= 0.3 is 0 Å². The van der Waals surface area contributed by atoms with Crippen molar-refractivity contribution in [3.05, 3.63) is 48.1 Å². The number of aliphatic hydroxyl groups is 1. The fourth-order valence-corrected chi connectivity index (χ4v) is 4.30. The summed E-state index contributed by atoms with van der Waals surface area (Å²) in [5.74, 6) is 0.656. The third-order valence-electron chi connectivity index (χ3n) is 6.70. The average Bonchev–Trinajstić information content (AvgIpc) is 2.72. The average molecular weight is 407 g/mol. The monoisotopic (exact) mass is 406 g/mol. The van der Waals surface area contributed by atoms with Gasteiger partial charge in [-0.2, -0.15) is 0 Å². The Morgan fingerprint density at radius 1 is 1.27 bits per heavy atom. The number of amides is 1. The van der Waals surface area contributed by atoms with Gasteiger partial charge in [0, 0.05) is 40.4 Å². The largest absolute Gasteiger partial charge is 0.391 e. The summed E-state index contributed by atoms with van der Waals surface area (Å²) in [6.45, 7) is 6.08. The second kappa shape index (κ2) is 8.19. The van der Waals surface area contributed by atoms with Crippen molar-refractivity contribution in [1.82, 2.24) is 15.3 Å². The molecule has 0 aromatic carbocycles. The number of nitrogens with one attached hydrogen (secondary N) is 2. The highest BCUT2D eigenvalue weighted by atomic mass is 16.3. The van der Waals surface area contributed by atoms with Crippen LogP contribution in [0, 0.1) is 5.41 Å². The van der Waals surface area contributed by atoms with Gasteiger partial charge in [0.25, 0.3) is 0 Å². The molecule has 1 aliphatic heterocycles. The first-order valence-corrected chi connectivity index (χ1v) is 10.9. The van der Waals surface area contributed by atoms with Gasteiger partial charge in [0.15, 0.2) is 0 Å². The molecule has 30 heavy (non-hydrogen) atoms. The highest BCUT2D eigenvalue weighted by Crippen LogP contribution is 2.44. The van der Waals surface area contributed by atoms with Crippen molar-refractivity contribution in [3.8, 4) is 0 Å². The molecule has 2 aromatic heterocycles. The first kappa shape index (κ1) is 20.5. The Morgan fingerprint density at radius 2 is 2.00 bits per heavy atom. The fourth-order valence-electron chi connectivity index (χ4n) is 4.30. The van der Waals surface area contributed by atoms with Crippen LogP contribution in [0.25, 0.3) is 16.3 Å². The summed E-state index contributed by atoms with van der Waals surface area (Å²) >= 11 is 0. The van der Waals surface area contributed by atoms with Crippen LogP contribution in [0.15, 0.2) is 42.4 Å². The zero-order valence-electron chi connectivity index (χ0n) is 17.9. The van der Waals surface area contributed by atoms with Crippen LogP contribution >= 0.6 is 0 Å². The molecule has 0 radical (unpaired) electrons. The van der Waals surface area contributed by atoms with Gasteiger partial charge < -0.3 is 15.7 Å². The third-order valence-corrected chi connectivity index (χ3v) is 6.70. The van der Waals surface area contributed by atoms with Crippen molar-refractivity contribution in [3.63, 3.8) is 0 Å². The maximum absolute atomic E-state index is 12.7. The van der Waals surface area contributed by atoms with Crippen LogP contribution in [-0.4, -0.2) is 33.1 Å². The number of aromatic nitrogens is 2. The van der Waals surface area contributed by atoms with Crippen LogP contribution in [0.1, 0.15) is 58.6 Å². The lowest BCUT2D eigenvalue weighted by atomic mass is 9.66. The van der Waals surface area contributed by atoms with Crippen molar-refractivity contribution in [1.29, 1.82) is 0 Å². The van der Waals surface area contributed by atoms with Crippen LogP contribution in [0.5, 0.6) is 0 Å². The molecule has 3 N–H and O–H groups in total. The normalized spacial score (nSPS) is 21.1. The lowest BCUT2D eigenvalue weighted by Gasteiger charge is -2.39. The predicted octanol–water partition coefficient (Wildman–Crippen LogP) is 4.18. The van der Waals surface area contributed by atoms with Crippen LogP contribution < -0.4 is 10.6 Å². The number of rotatable bonds is 6. The molecule has 2 aromatic rings. The molecule has 4 rings (SSSR count). The number of dihydropyridines is 1. The summed E-state index contributed by atoms with van der Waals surface area (Å²) in [5, 5.41) is 18.3. The van der Waals surface area contributed by atoms with E-state index in [1.807, 2.05) is 38.4 Å². The van der Waals surface area contributed by atoms with E-state index in [2.05, 4.69) is 33.6 Å². The fraction of sp³-hybridized carbons (Fsp3) is 0.458. The maximum Gasteiger partial charge on any atom is 0.231 e. The van der Waals surface area contributed by atoms with E-state index >= 15 is 0 Å². The molecule has 1 fully saturated rings. The van der Waals surface area contributed by atoms with Gasteiger partial charge in [-0.15, -0.1) is 0 Å². The number of allylic oxidation sites excluding steroid dienone is 2. The van der Waals surface area contributed by atoms with Gasteiger partial charge in [-0.05, 0) is 50.3 Å². The van der Waals surface area contributed by atoms with Crippen molar-refractivity contribution in [2.75, 3.05) is 5.32 Å². The number of fused-ring (bicyclic) bond motifs is 1. The molecule has 1 saturated carbocycles. The van der Waals surface area contributed by atoms with E-state index in [1.54, 1.807) is 6.20 Å². The molecule has 3 heterocycles. The highest BCUT2D eigenvalue weighted by molar-refractivity contribution is 5.97. The molecular weight excluding hydrogens is 376 g/mol. The first-order chi connectivity index (χ1) is 14.5. The van der Waals surface area contributed by atoms with E-state index < -0.39 is 6.10 Å². The third kappa shape index (κ3) is 3.72. The van der Waals surface area contributed by atoms with Crippen LogP contribution in [0.2, 0.25) is 0 Å². The summed E-state index contributed by atoms with van der Waals surface area (Å²) in [7, 11) is 0. The number of carbonyl (C=O) groups excluding carboxylic acids is 1. The minimum Gasteiger partial charge on any atom is -0.391 e. The molecule has 1 aliphatic carbocycles. The van der Waals surface area contributed by atoms with E-state index in [4.69, 9.17) is 0 Å². The molecule has 6 nitrogen and oxygen atoms in total. The highest BCUT2D eigenvalue weighted by Gasteiger charge is 2.42. The van der Waals surface area contributed by atoms with E-state index in [0.29, 0.717) is 12.2 Å². The van der Waals surface area contributed by atoms with Gasteiger partial charge in [0.1, 0.15) is 5.82 Å². The number of aliphatic hydroxyl groups excluding tert-OH is 1. The first-order valence-electron chi connectivity index (χ1n) is 10.9. The van der Waals surface area contributed by atoms with Gasteiger partial charge in [0.2, 0.25) is 5.91 Å². The minimum absolute atomic E-state index is 0.0749. The van der Waals surface area contributed by atoms with Crippen molar-refractivity contribution in [2.24, 2.45) is 5.41 Å². The van der Waals surface area contributed by atoms with Crippen molar-refractivity contribution >= 4 is 28.1 Å². The van der Waals surface area contributed by atoms with E-state index in [9.17, 15) is 9.90 Å². The number of hydrogen-bond donors (Lipinski definition) is 3. The zero-order chi connectivity index (χ0) is 21.3. The molecule has 6 heteroatoms. The Labute approximate surface area is 177 Å². The second-order valence-corrected chi connectivity index (χ2v) is 8.50. The number of pyridine rings is 2. The van der Waals surface area contributed by atoms with Gasteiger partial charge in [-0.1, -0.05) is 26.3 Å². The van der Waals surface area contributed by atoms with Crippen LogP contribution in [0.3, 0.4) is 0 Å². The van der Waals surface area contributed by atoms with Gasteiger partial charge in [-0.25, -0.2) is 4.98 Å². The van der Waals surface area contributed by atoms with Gasteiger partial charge in [-0.3, -0.25) is 9.78 Å². The molecule has 2 unspecified atom stereocenters. The topological polar surface area (TPSA) is 87.1 Å². The van der Waals surface area contributed by atoms with Crippen molar-refractivity contribution < 1.29 is 9.90 Å². The summed E-state index contributed by atoms with van der Waals surface area (Å²) in [6, 6.07) is 3.82.